The van der Waals surface area contributed by atoms with Crippen molar-refractivity contribution in [2.45, 2.75) is 58.4 Å². The Morgan fingerprint density at radius 2 is 1.72 bits per heavy atom. The van der Waals surface area contributed by atoms with Crippen molar-refractivity contribution in [3.8, 4) is 0 Å². The van der Waals surface area contributed by atoms with Crippen LogP contribution in [0.25, 0.3) is 10.8 Å². The average molecular weight is 539 g/mol. The van der Waals surface area contributed by atoms with E-state index in [9.17, 15) is 9.59 Å². The van der Waals surface area contributed by atoms with Crippen molar-refractivity contribution in [2.24, 2.45) is 0 Å². The Morgan fingerprint density at radius 3 is 2.46 bits per heavy atom. The Balaban J connectivity index is 1.45. The van der Waals surface area contributed by atoms with Gasteiger partial charge in [0.2, 0.25) is 5.91 Å². The lowest BCUT2D eigenvalue weighted by Crippen LogP contribution is -2.47. The number of hydrogen-bond acceptors (Lipinski definition) is 3. The minimum atomic E-state index is -0.137. The predicted molar refractivity (Wildman–Crippen MR) is 161 cm³/mol. The van der Waals surface area contributed by atoms with E-state index < -0.39 is 0 Å². The molecule has 1 aliphatic rings. The number of rotatable bonds is 7. The summed E-state index contributed by atoms with van der Waals surface area (Å²) in [5.41, 5.74) is 4.33. The second-order valence-corrected chi connectivity index (χ2v) is 12.5. The lowest BCUT2D eigenvalue weighted by Gasteiger charge is -2.38. The first-order chi connectivity index (χ1) is 18.8. The summed E-state index contributed by atoms with van der Waals surface area (Å²) in [6, 6.07) is 24.5. The second-order valence-electron chi connectivity index (χ2n) is 11.5. The first-order valence-electron chi connectivity index (χ1n) is 14.0. The number of nitrogens with zero attached hydrogens (tertiary/aromatic N) is 2. The molecule has 1 aromatic heterocycles. The fraction of sp³-hybridized carbons (Fsp3) is 0.353. The molecular formula is C34H38N2O2S. The van der Waals surface area contributed by atoms with E-state index in [0.29, 0.717) is 18.7 Å². The molecule has 1 unspecified atom stereocenters. The van der Waals surface area contributed by atoms with Crippen molar-refractivity contribution in [1.82, 2.24) is 9.80 Å². The molecule has 0 radical (unpaired) electrons. The van der Waals surface area contributed by atoms with Crippen LogP contribution in [-0.4, -0.2) is 41.2 Å². The van der Waals surface area contributed by atoms with E-state index in [2.05, 4.69) is 63.4 Å². The number of carbonyl (C=O) groups excluding carboxylic acids is 2. The highest BCUT2D eigenvalue weighted by molar-refractivity contribution is 7.10. The van der Waals surface area contributed by atoms with Crippen LogP contribution in [0.1, 0.15) is 78.5 Å². The van der Waals surface area contributed by atoms with Crippen LogP contribution in [0, 0.1) is 0 Å². The molecule has 202 valence electrons. The van der Waals surface area contributed by atoms with E-state index in [-0.39, 0.29) is 29.8 Å². The van der Waals surface area contributed by atoms with Crippen molar-refractivity contribution in [3.63, 3.8) is 0 Å². The maximum atomic E-state index is 14.0. The van der Waals surface area contributed by atoms with Crippen molar-refractivity contribution in [1.29, 1.82) is 0 Å². The van der Waals surface area contributed by atoms with Gasteiger partial charge in [-0.25, -0.2) is 0 Å². The lowest BCUT2D eigenvalue weighted by atomic mass is 9.85. The molecule has 5 rings (SSSR count). The molecule has 2 amide bonds. The first-order valence-corrected chi connectivity index (χ1v) is 14.9. The minimum absolute atomic E-state index is 0.00133. The molecule has 1 aliphatic heterocycles. The topological polar surface area (TPSA) is 40.6 Å². The van der Waals surface area contributed by atoms with Crippen molar-refractivity contribution in [3.05, 3.63) is 105 Å². The molecule has 0 saturated heterocycles. The van der Waals surface area contributed by atoms with Crippen LogP contribution < -0.4 is 0 Å². The minimum Gasteiger partial charge on any atom is -0.330 e. The number of fused-ring (bicyclic) bond motifs is 2. The van der Waals surface area contributed by atoms with Gasteiger partial charge in [-0.1, -0.05) is 94.8 Å². The molecule has 5 heteroatoms. The molecule has 39 heavy (non-hydrogen) atoms. The largest absolute Gasteiger partial charge is 0.330 e. The summed E-state index contributed by atoms with van der Waals surface area (Å²) in [7, 11) is 0. The third kappa shape index (κ3) is 5.65. The second kappa shape index (κ2) is 11.4. The highest BCUT2D eigenvalue weighted by Crippen LogP contribution is 2.38. The monoisotopic (exact) mass is 538 g/mol. The van der Waals surface area contributed by atoms with Gasteiger partial charge in [-0.3, -0.25) is 9.59 Å². The SMILES string of the molecule is CCCCN(CC(=O)N1CCc2sccc2C1c1ccc(C(C)(C)C)cc1)C(=O)c1cccc2ccccc12. The molecule has 0 spiro atoms. The summed E-state index contributed by atoms with van der Waals surface area (Å²) in [5, 5.41) is 4.09. The molecule has 0 bridgehead atoms. The molecule has 1 atom stereocenters. The van der Waals surface area contributed by atoms with Gasteiger partial charge < -0.3 is 9.80 Å². The summed E-state index contributed by atoms with van der Waals surface area (Å²) < 4.78 is 0. The molecule has 0 aliphatic carbocycles. The summed E-state index contributed by atoms with van der Waals surface area (Å²) in [4.78, 5) is 33.0. The maximum Gasteiger partial charge on any atom is 0.254 e. The fourth-order valence-electron chi connectivity index (χ4n) is 5.55. The Bertz CT molecular complexity index is 1460. The van der Waals surface area contributed by atoms with Crippen LogP contribution in [0.3, 0.4) is 0 Å². The zero-order chi connectivity index (χ0) is 27.6. The Hall–Kier alpha value is -3.44. The lowest BCUT2D eigenvalue weighted by molar-refractivity contribution is -0.134. The van der Waals surface area contributed by atoms with E-state index in [1.807, 2.05) is 47.4 Å². The van der Waals surface area contributed by atoms with Crippen molar-refractivity contribution < 1.29 is 9.59 Å². The van der Waals surface area contributed by atoms with E-state index >= 15 is 0 Å². The normalized spacial score (nSPS) is 15.3. The van der Waals surface area contributed by atoms with Gasteiger partial charge in [0, 0.05) is 23.5 Å². The first kappa shape index (κ1) is 27.1. The molecule has 4 nitrogen and oxygen atoms in total. The molecule has 4 aromatic rings. The van der Waals surface area contributed by atoms with E-state index in [1.54, 1.807) is 16.2 Å². The quantitative estimate of drug-likeness (QED) is 0.243. The van der Waals surface area contributed by atoms with Crippen LogP contribution in [-0.2, 0) is 16.6 Å². The van der Waals surface area contributed by atoms with Crippen LogP contribution in [0.4, 0.5) is 0 Å². The van der Waals surface area contributed by atoms with E-state index in [1.165, 1.54) is 16.0 Å². The zero-order valence-electron chi connectivity index (χ0n) is 23.4. The molecular weight excluding hydrogens is 500 g/mol. The van der Waals surface area contributed by atoms with E-state index in [0.717, 1.165) is 35.6 Å². The third-order valence-electron chi connectivity index (χ3n) is 7.79. The molecule has 3 aromatic carbocycles. The summed E-state index contributed by atoms with van der Waals surface area (Å²) in [6.07, 6.45) is 2.66. The standard InChI is InChI=1S/C34H38N2O2S/c1-5-6-20-35(33(38)28-13-9-11-24-10-7-8-12-27(24)28)23-31(37)36-21-18-30-29(19-22-39-30)32(36)25-14-16-26(17-15-25)34(2,3)4/h7-17,19,22,32H,5-6,18,20-21,23H2,1-4H3. The van der Waals surface area contributed by atoms with Gasteiger partial charge in [-0.05, 0) is 63.2 Å². The predicted octanol–water partition coefficient (Wildman–Crippen LogP) is 7.62. The molecule has 0 saturated carbocycles. The highest BCUT2D eigenvalue weighted by Gasteiger charge is 2.34. The number of benzene rings is 3. The van der Waals surface area contributed by atoms with Gasteiger partial charge >= 0.3 is 0 Å². The smallest absolute Gasteiger partial charge is 0.254 e. The van der Waals surface area contributed by atoms with Gasteiger partial charge in [0.25, 0.3) is 5.91 Å². The highest BCUT2D eigenvalue weighted by atomic mass is 32.1. The van der Waals surface area contributed by atoms with Crippen LogP contribution in [0.5, 0.6) is 0 Å². The van der Waals surface area contributed by atoms with Crippen molar-refractivity contribution >= 4 is 33.9 Å². The summed E-state index contributed by atoms with van der Waals surface area (Å²) in [5.74, 6) is -0.0747. The van der Waals surface area contributed by atoms with Gasteiger partial charge in [0.15, 0.2) is 0 Å². The maximum absolute atomic E-state index is 14.0. The zero-order valence-corrected chi connectivity index (χ0v) is 24.3. The molecule has 2 heterocycles. The summed E-state index contributed by atoms with van der Waals surface area (Å²) >= 11 is 1.77. The van der Waals surface area contributed by atoms with Crippen LogP contribution in [0.15, 0.2) is 78.2 Å². The number of unbranched alkanes of at least 4 members (excludes halogenated alkanes) is 1. The van der Waals surface area contributed by atoms with E-state index in [4.69, 9.17) is 0 Å². The van der Waals surface area contributed by atoms with Crippen LogP contribution >= 0.6 is 11.3 Å². The summed E-state index contributed by atoms with van der Waals surface area (Å²) in [6.45, 7) is 10.1. The number of hydrogen-bond donors (Lipinski definition) is 0. The van der Waals surface area contributed by atoms with Crippen molar-refractivity contribution in [2.75, 3.05) is 19.6 Å². The van der Waals surface area contributed by atoms with Crippen LogP contribution in [0.2, 0.25) is 0 Å². The third-order valence-corrected chi connectivity index (χ3v) is 8.79. The number of carbonyl (C=O) groups is 2. The molecule has 0 N–H and O–H groups in total. The Kier molecular flexibility index (Phi) is 7.90. The Morgan fingerprint density at radius 1 is 0.974 bits per heavy atom. The Labute approximate surface area is 236 Å². The van der Waals surface area contributed by atoms with Gasteiger partial charge in [-0.2, -0.15) is 0 Å². The van der Waals surface area contributed by atoms with Gasteiger partial charge in [0.1, 0.15) is 6.54 Å². The van der Waals surface area contributed by atoms with Gasteiger partial charge in [-0.15, -0.1) is 11.3 Å². The molecule has 0 fully saturated rings. The number of thiophene rings is 1. The average Bonchev–Trinajstić information content (AvgIpc) is 3.42. The fourth-order valence-corrected chi connectivity index (χ4v) is 6.45. The number of amides is 2. The van der Waals surface area contributed by atoms with Gasteiger partial charge in [0.05, 0.1) is 6.04 Å².